The van der Waals surface area contributed by atoms with Crippen LogP contribution < -0.4 is 5.43 Å². The van der Waals surface area contributed by atoms with Crippen LogP contribution in [-0.4, -0.2) is 11.6 Å². The minimum absolute atomic E-state index is 0.0884. The van der Waals surface area contributed by atoms with Gasteiger partial charge in [-0.15, -0.1) is 0 Å². The molecule has 0 aromatic rings. The lowest BCUT2D eigenvalue weighted by molar-refractivity contribution is -0.122. The molecule has 3 nitrogen and oxygen atoms in total. The van der Waals surface area contributed by atoms with Gasteiger partial charge in [0.05, 0.1) is 5.71 Å². The Balaban J connectivity index is 1.86. The highest BCUT2D eigenvalue weighted by Gasteiger charge is 2.29. The highest BCUT2D eigenvalue weighted by Crippen LogP contribution is 2.28. The molecule has 2 aliphatic carbocycles. The Hall–Kier alpha value is -1.12. The molecule has 0 aromatic heterocycles. The van der Waals surface area contributed by atoms with Crippen molar-refractivity contribution in [2.75, 3.05) is 0 Å². The molecule has 0 bridgehead atoms. The predicted octanol–water partition coefficient (Wildman–Crippen LogP) is 1.61. The highest BCUT2D eigenvalue weighted by atomic mass is 16.2. The fourth-order valence-electron chi connectivity index (χ4n) is 1.41. The zero-order valence-corrected chi connectivity index (χ0v) is 7.84. The van der Waals surface area contributed by atoms with E-state index in [0.717, 1.165) is 31.4 Å². The van der Waals surface area contributed by atoms with E-state index in [1.54, 1.807) is 0 Å². The Morgan fingerprint density at radius 2 is 2.31 bits per heavy atom. The summed E-state index contributed by atoms with van der Waals surface area (Å²) < 4.78 is 0. The molecular formula is C10H14N2O. The fraction of sp³-hybridized carbons (Fsp3) is 0.600. The van der Waals surface area contributed by atoms with Crippen LogP contribution in [0.3, 0.4) is 0 Å². The van der Waals surface area contributed by atoms with Crippen molar-refractivity contribution >= 4 is 11.6 Å². The lowest BCUT2D eigenvalue weighted by Gasteiger charge is -1.96. The Kier molecular flexibility index (Phi) is 2.17. The van der Waals surface area contributed by atoms with Gasteiger partial charge in [0.2, 0.25) is 5.91 Å². The standard InChI is InChI=1S/C10H14N2O/c1-7-2-5-9(6-7)11-12-10(13)8-3-4-8/h6,8H,2-5H2,1H3,(H,12,13). The fourth-order valence-corrected chi connectivity index (χ4v) is 1.41. The van der Waals surface area contributed by atoms with Crippen LogP contribution >= 0.6 is 0 Å². The van der Waals surface area contributed by atoms with Crippen molar-refractivity contribution < 1.29 is 4.79 Å². The highest BCUT2D eigenvalue weighted by molar-refractivity contribution is 5.98. The molecule has 2 rings (SSSR count). The summed E-state index contributed by atoms with van der Waals surface area (Å²) in [4.78, 5) is 11.2. The summed E-state index contributed by atoms with van der Waals surface area (Å²) in [5.41, 5.74) is 4.96. The van der Waals surface area contributed by atoms with Crippen molar-refractivity contribution in [3.8, 4) is 0 Å². The predicted molar refractivity (Wildman–Crippen MR) is 51.3 cm³/mol. The summed E-state index contributed by atoms with van der Waals surface area (Å²) >= 11 is 0. The van der Waals surface area contributed by atoms with E-state index in [1.807, 2.05) is 6.08 Å². The first-order chi connectivity index (χ1) is 6.25. The van der Waals surface area contributed by atoms with Crippen LogP contribution in [0.15, 0.2) is 16.8 Å². The van der Waals surface area contributed by atoms with Gasteiger partial charge in [-0.05, 0) is 38.7 Å². The van der Waals surface area contributed by atoms with Crippen LogP contribution in [0, 0.1) is 5.92 Å². The molecule has 0 atom stereocenters. The van der Waals surface area contributed by atoms with E-state index < -0.39 is 0 Å². The van der Waals surface area contributed by atoms with E-state index >= 15 is 0 Å². The first-order valence-electron chi connectivity index (χ1n) is 4.79. The molecule has 2 aliphatic rings. The van der Waals surface area contributed by atoms with Crippen LogP contribution in [-0.2, 0) is 4.79 Å². The summed E-state index contributed by atoms with van der Waals surface area (Å²) in [6.07, 6.45) is 6.17. The van der Waals surface area contributed by atoms with Crippen molar-refractivity contribution in [3.05, 3.63) is 11.6 Å². The van der Waals surface area contributed by atoms with Gasteiger partial charge in [0.15, 0.2) is 0 Å². The van der Waals surface area contributed by atoms with E-state index in [9.17, 15) is 4.79 Å². The molecule has 0 unspecified atom stereocenters. The molecular weight excluding hydrogens is 164 g/mol. The normalized spacial score (nSPS) is 24.7. The summed E-state index contributed by atoms with van der Waals surface area (Å²) in [6, 6.07) is 0. The van der Waals surface area contributed by atoms with Crippen LogP contribution in [0.5, 0.6) is 0 Å². The molecule has 0 aliphatic heterocycles. The van der Waals surface area contributed by atoms with Crippen LogP contribution in [0.4, 0.5) is 0 Å². The first kappa shape index (κ1) is 8.48. The molecule has 0 heterocycles. The molecule has 3 heteroatoms. The number of nitrogens with one attached hydrogen (secondary N) is 1. The van der Waals surface area contributed by atoms with Gasteiger partial charge in [-0.1, -0.05) is 5.57 Å². The molecule has 0 aromatic carbocycles. The third-order valence-corrected chi connectivity index (χ3v) is 2.45. The van der Waals surface area contributed by atoms with Gasteiger partial charge >= 0.3 is 0 Å². The van der Waals surface area contributed by atoms with E-state index in [-0.39, 0.29) is 11.8 Å². The molecule has 13 heavy (non-hydrogen) atoms. The van der Waals surface area contributed by atoms with E-state index in [1.165, 1.54) is 5.57 Å². The number of rotatable bonds is 2. The third-order valence-electron chi connectivity index (χ3n) is 2.45. The lowest BCUT2D eigenvalue weighted by atomic mass is 10.3. The van der Waals surface area contributed by atoms with E-state index in [2.05, 4.69) is 17.5 Å². The monoisotopic (exact) mass is 178 g/mol. The molecule has 0 saturated heterocycles. The van der Waals surface area contributed by atoms with Crippen molar-refractivity contribution in [2.45, 2.75) is 32.6 Å². The van der Waals surface area contributed by atoms with E-state index in [0.29, 0.717) is 0 Å². The van der Waals surface area contributed by atoms with Crippen LogP contribution in [0.2, 0.25) is 0 Å². The Labute approximate surface area is 77.9 Å². The molecule has 1 fully saturated rings. The van der Waals surface area contributed by atoms with Crippen LogP contribution in [0.25, 0.3) is 0 Å². The van der Waals surface area contributed by atoms with Gasteiger partial charge < -0.3 is 0 Å². The minimum Gasteiger partial charge on any atom is -0.273 e. The quantitative estimate of drug-likeness (QED) is 0.641. The zero-order chi connectivity index (χ0) is 9.26. The van der Waals surface area contributed by atoms with Crippen molar-refractivity contribution in [2.24, 2.45) is 11.0 Å². The summed E-state index contributed by atoms with van der Waals surface area (Å²) in [5, 5.41) is 4.08. The smallest absolute Gasteiger partial charge is 0.243 e. The second-order valence-electron chi connectivity index (χ2n) is 3.84. The number of hydrogen-bond acceptors (Lipinski definition) is 2. The van der Waals surface area contributed by atoms with Gasteiger partial charge in [0, 0.05) is 5.92 Å². The average molecular weight is 178 g/mol. The Morgan fingerprint density at radius 1 is 1.54 bits per heavy atom. The van der Waals surface area contributed by atoms with Gasteiger partial charge in [0.25, 0.3) is 0 Å². The minimum atomic E-state index is 0.0884. The average Bonchev–Trinajstić information content (AvgIpc) is 2.87. The van der Waals surface area contributed by atoms with Crippen LogP contribution in [0.1, 0.15) is 32.6 Å². The number of carbonyl (C=O) groups excluding carboxylic acids is 1. The molecule has 0 spiro atoms. The summed E-state index contributed by atoms with van der Waals surface area (Å²) in [5.74, 6) is 0.335. The maximum Gasteiger partial charge on any atom is 0.243 e. The maximum absolute atomic E-state index is 11.2. The Morgan fingerprint density at radius 3 is 2.85 bits per heavy atom. The molecule has 70 valence electrons. The second kappa shape index (κ2) is 3.32. The van der Waals surface area contributed by atoms with Crippen molar-refractivity contribution in [3.63, 3.8) is 0 Å². The number of amides is 1. The van der Waals surface area contributed by atoms with Gasteiger partial charge in [-0.3, -0.25) is 4.79 Å². The van der Waals surface area contributed by atoms with Gasteiger partial charge in [0.1, 0.15) is 0 Å². The lowest BCUT2D eigenvalue weighted by Crippen LogP contribution is -2.20. The molecule has 0 radical (unpaired) electrons. The first-order valence-corrected chi connectivity index (χ1v) is 4.79. The maximum atomic E-state index is 11.2. The third kappa shape index (κ3) is 2.17. The van der Waals surface area contributed by atoms with Crippen molar-refractivity contribution in [1.29, 1.82) is 0 Å². The number of hydrazone groups is 1. The molecule has 1 amide bonds. The van der Waals surface area contributed by atoms with Gasteiger partial charge in [-0.25, -0.2) is 5.43 Å². The topological polar surface area (TPSA) is 41.5 Å². The number of nitrogens with zero attached hydrogens (tertiary/aromatic N) is 1. The van der Waals surface area contributed by atoms with Crippen molar-refractivity contribution in [1.82, 2.24) is 5.43 Å². The SMILES string of the molecule is CC1=CC(=NNC(=O)C2CC2)CC1. The number of carbonyl (C=O) groups is 1. The van der Waals surface area contributed by atoms with E-state index in [4.69, 9.17) is 0 Å². The molecule has 1 N–H and O–H groups in total. The number of hydrogen-bond donors (Lipinski definition) is 1. The number of allylic oxidation sites excluding steroid dienone is 2. The zero-order valence-electron chi connectivity index (χ0n) is 7.84. The Bertz CT molecular complexity index is 287. The second-order valence-corrected chi connectivity index (χ2v) is 3.84. The largest absolute Gasteiger partial charge is 0.273 e. The summed E-state index contributed by atoms with van der Waals surface area (Å²) in [7, 11) is 0. The van der Waals surface area contributed by atoms with Gasteiger partial charge in [-0.2, -0.15) is 5.10 Å². The summed E-state index contributed by atoms with van der Waals surface area (Å²) in [6.45, 7) is 2.09. The molecule has 1 saturated carbocycles.